The zero-order chi connectivity index (χ0) is 22.9. The lowest BCUT2D eigenvalue weighted by Crippen LogP contribution is -2.45. The van der Waals surface area contributed by atoms with Crippen LogP contribution in [0.2, 0.25) is 0 Å². The molecule has 7 nitrogen and oxygen atoms in total. The lowest BCUT2D eigenvalue weighted by atomic mass is 9.93. The van der Waals surface area contributed by atoms with Gasteiger partial charge in [0.15, 0.2) is 15.0 Å². The second-order valence-electron chi connectivity index (χ2n) is 7.58. The molecule has 32 heavy (non-hydrogen) atoms. The minimum atomic E-state index is -3.56. The number of amidine groups is 1. The van der Waals surface area contributed by atoms with Gasteiger partial charge in [0.25, 0.3) is 0 Å². The molecule has 0 amide bonds. The van der Waals surface area contributed by atoms with E-state index in [1.54, 1.807) is 62.4 Å². The summed E-state index contributed by atoms with van der Waals surface area (Å²) in [6, 6.07) is 14.0. The second kappa shape index (κ2) is 8.99. The number of aromatic hydroxyl groups is 1. The summed E-state index contributed by atoms with van der Waals surface area (Å²) in [6.45, 7) is 3.69. The van der Waals surface area contributed by atoms with Gasteiger partial charge in [0.2, 0.25) is 0 Å². The van der Waals surface area contributed by atoms with Gasteiger partial charge in [-0.2, -0.15) is 0 Å². The van der Waals surface area contributed by atoms with Crippen LogP contribution in [0.15, 0.2) is 75.8 Å². The lowest BCUT2D eigenvalue weighted by Gasteiger charge is -2.38. The molecular formula is C23H24N2O5S2. The molecule has 0 spiro atoms. The van der Waals surface area contributed by atoms with Gasteiger partial charge in [0.05, 0.1) is 40.6 Å². The number of thioether (sulfide) groups is 1. The number of hydrogen-bond donors (Lipinski definition) is 1. The van der Waals surface area contributed by atoms with E-state index in [9.17, 15) is 18.3 Å². The van der Waals surface area contributed by atoms with E-state index < -0.39 is 27.9 Å². The van der Waals surface area contributed by atoms with Crippen molar-refractivity contribution >= 4 is 32.7 Å². The average Bonchev–Trinajstić information content (AvgIpc) is 3.14. The smallest absolute Gasteiger partial charge is 0.338 e. The first kappa shape index (κ1) is 22.4. The Morgan fingerprint density at radius 1 is 1.22 bits per heavy atom. The van der Waals surface area contributed by atoms with Gasteiger partial charge in [0, 0.05) is 5.75 Å². The third-order valence-corrected chi connectivity index (χ3v) is 8.35. The fourth-order valence-corrected chi connectivity index (χ4v) is 6.95. The molecule has 2 unspecified atom stereocenters. The highest BCUT2D eigenvalue weighted by molar-refractivity contribution is 8.14. The van der Waals surface area contributed by atoms with E-state index in [2.05, 4.69) is 4.99 Å². The Balaban J connectivity index is 1.77. The molecule has 9 heteroatoms. The zero-order valence-corrected chi connectivity index (χ0v) is 19.4. The Morgan fingerprint density at radius 2 is 1.97 bits per heavy atom. The number of benzene rings is 2. The summed E-state index contributed by atoms with van der Waals surface area (Å²) in [5.41, 5.74) is 1.55. The number of nitrogens with zero attached hydrogens (tertiary/aromatic N) is 2. The van der Waals surface area contributed by atoms with Crippen molar-refractivity contribution in [1.29, 1.82) is 0 Å². The Bertz CT molecular complexity index is 1190. The van der Waals surface area contributed by atoms with Gasteiger partial charge < -0.3 is 14.7 Å². The molecule has 2 aromatic rings. The van der Waals surface area contributed by atoms with Crippen LogP contribution in [0.5, 0.6) is 5.75 Å². The molecule has 4 rings (SSSR count). The molecule has 1 fully saturated rings. The van der Waals surface area contributed by atoms with Gasteiger partial charge in [-0.1, -0.05) is 42.1 Å². The van der Waals surface area contributed by atoms with Gasteiger partial charge in [0.1, 0.15) is 5.75 Å². The maximum atomic E-state index is 13.1. The lowest BCUT2D eigenvalue weighted by molar-refractivity contribution is -0.139. The number of ether oxygens (including phenoxy) is 1. The fraction of sp³-hybridized carbons (Fsp3) is 0.304. The number of esters is 1. The van der Waals surface area contributed by atoms with Crippen molar-refractivity contribution in [3.8, 4) is 5.75 Å². The molecule has 1 N–H and O–H groups in total. The Labute approximate surface area is 191 Å². The summed E-state index contributed by atoms with van der Waals surface area (Å²) in [4.78, 5) is 19.7. The maximum Gasteiger partial charge on any atom is 0.338 e. The van der Waals surface area contributed by atoms with Crippen molar-refractivity contribution in [3.63, 3.8) is 0 Å². The van der Waals surface area contributed by atoms with E-state index in [1.165, 1.54) is 11.8 Å². The standard InChI is InChI=1S/C23H24N2O5S2/c1-3-30-22(27)20-15(2)24-23-25(21(20)16-8-7-9-18(26)12-16)17(13-31-23)14-32(28,29)19-10-5-4-6-11-19/h4-12,17,21,26H,3,13-14H2,1-2H3. The minimum absolute atomic E-state index is 0.0627. The van der Waals surface area contributed by atoms with Crippen molar-refractivity contribution in [3.05, 3.63) is 71.4 Å². The molecule has 2 atom stereocenters. The number of carbonyl (C=O) groups excluding carboxylic acids is 1. The number of sulfone groups is 1. The van der Waals surface area contributed by atoms with E-state index in [4.69, 9.17) is 4.74 Å². The van der Waals surface area contributed by atoms with Crippen molar-refractivity contribution in [2.75, 3.05) is 18.1 Å². The van der Waals surface area contributed by atoms with Crippen LogP contribution in [0.1, 0.15) is 25.5 Å². The van der Waals surface area contributed by atoms with Crippen molar-refractivity contribution in [2.45, 2.75) is 30.8 Å². The highest BCUT2D eigenvalue weighted by Gasteiger charge is 2.45. The number of hydrogen-bond acceptors (Lipinski definition) is 8. The molecule has 0 aromatic heterocycles. The monoisotopic (exact) mass is 472 g/mol. The van der Waals surface area contributed by atoms with Crippen LogP contribution in [0.25, 0.3) is 0 Å². The van der Waals surface area contributed by atoms with Gasteiger partial charge in [-0.15, -0.1) is 0 Å². The highest BCUT2D eigenvalue weighted by Crippen LogP contribution is 2.44. The summed E-state index contributed by atoms with van der Waals surface area (Å²) in [6.07, 6.45) is 0. The zero-order valence-electron chi connectivity index (χ0n) is 17.8. The van der Waals surface area contributed by atoms with E-state index in [1.807, 2.05) is 11.0 Å². The molecule has 2 aliphatic heterocycles. The summed E-state index contributed by atoms with van der Waals surface area (Å²) in [5, 5.41) is 10.8. The summed E-state index contributed by atoms with van der Waals surface area (Å²) >= 11 is 1.47. The predicted octanol–water partition coefficient (Wildman–Crippen LogP) is 3.53. The predicted molar refractivity (Wildman–Crippen MR) is 124 cm³/mol. The fourth-order valence-electron chi connectivity index (χ4n) is 4.03. The third-order valence-electron chi connectivity index (χ3n) is 5.42. The van der Waals surface area contributed by atoms with E-state index in [-0.39, 0.29) is 23.0 Å². The number of allylic oxidation sites excluding steroid dienone is 1. The molecular weight excluding hydrogens is 448 g/mol. The summed E-state index contributed by atoms with van der Waals surface area (Å²) in [5.74, 6) is -0.0349. The normalized spacial score (nSPS) is 20.7. The third kappa shape index (κ3) is 4.27. The number of fused-ring (bicyclic) bond motifs is 1. The topological polar surface area (TPSA) is 96.3 Å². The molecule has 0 radical (unpaired) electrons. The largest absolute Gasteiger partial charge is 0.508 e. The van der Waals surface area contributed by atoms with Crippen molar-refractivity contribution in [2.24, 2.45) is 4.99 Å². The van der Waals surface area contributed by atoms with Gasteiger partial charge in [-0.3, -0.25) is 0 Å². The van der Waals surface area contributed by atoms with Gasteiger partial charge in [-0.25, -0.2) is 18.2 Å². The van der Waals surface area contributed by atoms with E-state index in [0.29, 0.717) is 27.8 Å². The van der Waals surface area contributed by atoms with Crippen LogP contribution in [0, 0.1) is 0 Å². The van der Waals surface area contributed by atoms with Gasteiger partial charge >= 0.3 is 5.97 Å². The average molecular weight is 473 g/mol. The highest BCUT2D eigenvalue weighted by atomic mass is 32.2. The number of aliphatic imine (C=N–C) groups is 1. The quantitative estimate of drug-likeness (QED) is 0.643. The molecule has 2 aliphatic rings. The van der Waals surface area contributed by atoms with Crippen molar-refractivity contribution < 1.29 is 23.1 Å². The van der Waals surface area contributed by atoms with Crippen LogP contribution in [-0.2, 0) is 19.4 Å². The molecule has 1 saturated heterocycles. The minimum Gasteiger partial charge on any atom is -0.508 e. The molecule has 0 saturated carbocycles. The van der Waals surface area contributed by atoms with Gasteiger partial charge in [-0.05, 0) is 43.7 Å². The maximum absolute atomic E-state index is 13.1. The van der Waals surface area contributed by atoms with E-state index in [0.717, 1.165) is 0 Å². The molecule has 168 valence electrons. The van der Waals surface area contributed by atoms with Crippen LogP contribution < -0.4 is 0 Å². The molecule has 2 heterocycles. The van der Waals surface area contributed by atoms with E-state index >= 15 is 0 Å². The first-order valence-electron chi connectivity index (χ1n) is 10.3. The second-order valence-corrected chi connectivity index (χ2v) is 10.6. The number of phenolic OH excluding ortho intramolecular Hbond substituents is 1. The summed E-state index contributed by atoms with van der Waals surface area (Å²) < 4.78 is 31.6. The van der Waals surface area contributed by atoms with Crippen LogP contribution in [-0.4, -0.2) is 53.7 Å². The van der Waals surface area contributed by atoms with Crippen LogP contribution in [0.4, 0.5) is 0 Å². The summed E-state index contributed by atoms with van der Waals surface area (Å²) in [7, 11) is -3.56. The number of rotatable bonds is 6. The first-order valence-corrected chi connectivity index (χ1v) is 12.9. The Hall–Kier alpha value is -2.78. The molecule has 2 aromatic carbocycles. The number of carbonyl (C=O) groups is 1. The SMILES string of the molecule is CCOC(=O)C1=C(C)N=C2SCC(CS(=O)(=O)c3ccccc3)N2C1c1cccc(O)c1. The molecule has 0 aliphatic carbocycles. The first-order chi connectivity index (χ1) is 15.3. The Kier molecular flexibility index (Phi) is 6.30. The van der Waals surface area contributed by atoms with Crippen LogP contribution in [0.3, 0.4) is 0 Å². The Morgan fingerprint density at radius 3 is 2.66 bits per heavy atom. The number of phenols is 1. The molecule has 0 bridgehead atoms. The van der Waals surface area contributed by atoms with Crippen LogP contribution >= 0.6 is 11.8 Å². The van der Waals surface area contributed by atoms with Crippen molar-refractivity contribution in [1.82, 2.24) is 4.90 Å².